The second-order valence-electron chi connectivity index (χ2n) is 5.15. The highest BCUT2D eigenvalue weighted by atomic mass is 127. The Bertz CT molecular complexity index is 629. The normalized spacial score (nSPS) is 11.0. The molecule has 0 unspecified atom stereocenters. The van der Waals surface area contributed by atoms with Gasteiger partial charge in [0.1, 0.15) is 11.6 Å². The van der Waals surface area contributed by atoms with Gasteiger partial charge in [0.05, 0.1) is 15.0 Å². The molecule has 0 saturated carbocycles. The van der Waals surface area contributed by atoms with Gasteiger partial charge in [-0.3, -0.25) is 0 Å². The maximum Gasteiger partial charge on any atom is 0.143 e. The number of hydrogen-bond acceptors (Lipinski definition) is 4. The van der Waals surface area contributed by atoms with Crippen LogP contribution in [0, 0.1) is 10.5 Å². The van der Waals surface area contributed by atoms with Gasteiger partial charge < -0.3 is 5.32 Å². The summed E-state index contributed by atoms with van der Waals surface area (Å²) in [6, 6.07) is 8.42. The molecule has 0 amide bonds. The Labute approximate surface area is 144 Å². The molecule has 1 aromatic heterocycles. The summed E-state index contributed by atoms with van der Waals surface area (Å²) in [5.41, 5.74) is 2.42. The van der Waals surface area contributed by atoms with Crippen LogP contribution in [-0.4, -0.2) is 17.0 Å². The van der Waals surface area contributed by atoms with E-state index in [1.807, 2.05) is 7.05 Å². The van der Waals surface area contributed by atoms with Gasteiger partial charge in [-0.15, -0.1) is 11.8 Å². The van der Waals surface area contributed by atoms with Crippen LogP contribution < -0.4 is 5.32 Å². The van der Waals surface area contributed by atoms with Crippen molar-refractivity contribution in [2.24, 2.45) is 0 Å². The third kappa shape index (κ3) is 4.10. The summed E-state index contributed by atoms with van der Waals surface area (Å²) in [5, 5.41) is 3.17. The first-order valence-corrected chi connectivity index (χ1v) is 9.01. The average molecular weight is 413 g/mol. The Morgan fingerprint density at radius 3 is 2.57 bits per heavy atom. The lowest BCUT2D eigenvalue weighted by molar-refractivity contribution is 0.792. The Morgan fingerprint density at radius 2 is 1.95 bits per heavy atom. The predicted octanol–water partition coefficient (Wildman–Crippen LogP) is 4.85. The molecule has 0 radical (unpaired) electrons. The molecule has 0 atom stereocenters. The first-order valence-electron chi connectivity index (χ1n) is 6.95. The maximum absolute atomic E-state index is 4.75. The Kier molecular flexibility index (Phi) is 5.87. The van der Waals surface area contributed by atoms with E-state index in [0.29, 0.717) is 5.92 Å². The van der Waals surface area contributed by atoms with Crippen molar-refractivity contribution in [1.82, 2.24) is 9.97 Å². The smallest absolute Gasteiger partial charge is 0.143 e. The minimum atomic E-state index is 0.397. The van der Waals surface area contributed by atoms with E-state index in [9.17, 15) is 0 Å². The molecule has 0 aliphatic heterocycles. The Morgan fingerprint density at radius 1 is 1.24 bits per heavy atom. The molecule has 2 aromatic rings. The number of aromatic nitrogens is 2. The molecule has 3 nitrogen and oxygen atoms in total. The monoisotopic (exact) mass is 413 g/mol. The molecule has 112 valence electrons. The third-order valence-corrected chi connectivity index (χ3v) is 5.39. The van der Waals surface area contributed by atoms with Crippen LogP contribution in [0.2, 0.25) is 0 Å². The zero-order chi connectivity index (χ0) is 15.4. The van der Waals surface area contributed by atoms with Crippen molar-refractivity contribution in [3.8, 4) is 0 Å². The van der Waals surface area contributed by atoms with Gasteiger partial charge in [0.2, 0.25) is 0 Å². The molecule has 0 aliphatic carbocycles. The second-order valence-corrected chi connectivity index (χ2v) is 7.24. The van der Waals surface area contributed by atoms with Crippen molar-refractivity contribution in [1.29, 1.82) is 0 Å². The van der Waals surface area contributed by atoms with Crippen molar-refractivity contribution in [2.45, 2.75) is 37.3 Å². The fourth-order valence-corrected chi connectivity index (χ4v) is 4.00. The van der Waals surface area contributed by atoms with Crippen LogP contribution in [0.4, 0.5) is 5.82 Å². The summed E-state index contributed by atoms with van der Waals surface area (Å²) in [6.07, 6.45) is 0. The fraction of sp³-hybridized carbons (Fsp3) is 0.375. The topological polar surface area (TPSA) is 37.8 Å². The SMILES string of the molecule is CNc1nc(CSc2ccccc2C)nc(C(C)C)c1I. The van der Waals surface area contributed by atoms with Crippen molar-refractivity contribution in [2.75, 3.05) is 12.4 Å². The summed E-state index contributed by atoms with van der Waals surface area (Å²) in [4.78, 5) is 10.7. The van der Waals surface area contributed by atoms with E-state index in [1.165, 1.54) is 10.5 Å². The molecule has 1 heterocycles. The molecular weight excluding hydrogens is 393 g/mol. The van der Waals surface area contributed by atoms with Gasteiger partial charge in [0.15, 0.2) is 0 Å². The molecule has 2 rings (SSSR count). The van der Waals surface area contributed by atoms with Crippen molar-refractivity contribution >= 4 is 40.2 Å². The molecule has 1 N–H and O–H groups in total. The number of thioether (sulfide) groups is 1. The molecular formula is C16H20IN3S. The standard InChI is InChI=1S/C16H20IN3S/c1-10(2)15-14(17)16(18-4)20-13(19-15)9-21-12-8-6-5-7-11(12)3/h5-8,10H,9H2,1-4H3,(H,18,19,20). The average Bonchev–Trinajstić information content (AvgIpc) is 2.47. The van der Waals surface area contributed by atoms with Crippen LogP contribution >= 0.6 is 34.4 Å². The van der Waals surface area contributed by atoms with E-state index >= 15 is 0 Å². The van der Waals surface area contributed by atoms with Crippen LogP contribution in [0.1, 0.15) is 36.8 Å². The lowest BCUT2D eigenvalue weighted by atomic mass is 10.1. The van der Waals surface area contributed by atoms with E-state index in [2.05, 4.69) is 77.9 Å². The number of aryl methyl sites for hydroxylation is 1. The lowest BCUT2D eigenvalue weighted by Gasteiger charge is -2.13. The number of benzene rings is 1. The van der Waals surface area contributed by atoms with Crippen LogP contribution in [0.25, 0.3) is 0 Å². The quantitative estimate of drug-likeness (QED) is 0.562. The number of hydrogen-bond donors (Lipinski definition) is 1. The van der Waals surface area contributed by atoms with Crippen LogP contribution in [0.3, 0.4) is 0 Å². The van der Waals surface area contributed by atoms with Crippen molar-refractivity contribution in [3.05, 3.63) is 44.9 Å². The number of nitrogens with one attached hydrogen (secondary N) is 1. The van der Waals surface area contributed by atoms with Gasteiger partial charge in [-0.05, 0) is 47.1 Å². The number of halogens is 1. The molecule has 0 aliphatic rings. The van der Waals surface area contributed by atoms with E-state index in [0.717, 1.165) is 26.7 Å². The Balaban J connectivity index is 2.24. The highest BCUT2D eigenvalue weighted by Crippen LogP contribution is 2.28. The summed E-state index contributed by atoms with van der Waals surface area (Å²) in [5.74, 6) is 3.00. The first kappa shape index (κ1) is 16.5. The fourth-order valence-electron chi connectivity index (χ4n) is 1.99. The minimum Gasteiger partial charge on any atom is -0.372 e. The molecule has 1 aromatic carbocycles. The molecule has 0 saturated heterocycles. The molecule has 0 spiro atoms. The second kappa shape index (κ2) is 7.45. The predicted molar refractivity (Wildman–Crippen MR) is 99.1 cm³/mol. The van der Waals surface area contributed by atoms with E-state index in [4.69, 9.17) is 4.98 Å². The zero-order valence-corrected chi connectivity index (χ0v) is 15.7. The van der Waals surface area contributed by atoms with Gasteiger partial charge in [-0.2, -0.15) is 0 Å². The molecule has 5 heteroatoms. The van der Waals surface area contributed by atoms with Crippen LogP contribution in [0.5, 0.6) is 0 Å². The summed E-state index contributed by atoms with van der Waals surface area (Å²) in [6.45, 7) is 6.47. The summed E-state index contributed by atoms with van der Waals surface area (Å²) < 4.78 is 1.12. The van der Waals surface area contributed by atoms with Crippen molar-refractivity contribution < 1.29 is 0 Å². The van der Waals surface area contributed by atoms with Gasteiger partial charge in [0, 0.05) is 11.9 Å². The molecule has 0 bridgehead atoms. The van der Waals surface area contributed by atoms with Gasteiger partial charge >= 0.3 is 0 Å². The van der Waals surface area contributed by atoms with E-state index < -0.39 is 0 Å². The maximum atomic E-state index is 4.75. The van der Waals surface area contributed by atoms with E-state index in [-0.39, 0.29) is 0 Å². The number of anilines is 1. The van der Waals surface area contributed by atoms with E-state index in [1.54, 1.807) is 11.8 Å². The third-order valence-electron chi connectivity index (χ3n) is 3.16. The highest BCUT2D eigenvalue weighted by molar-refractivity contribution is 14.1. The largest absolute Gasteiger partial charge is 0.372 e. The number of nitrogens with zero attached hydrogens (tertiary/aromatic N) is 2. The summed E-state index contributed by atoms with van der Waals surface area (Å²) in [7, 11) is 1.91. The zero-order valence-electron chi connectivity index (χ0n) is 12.8. The van der Waals surface area contributed by atoms with Crippen LogP contribution in [0.15, 0.2) is 29.2 Å². The first-order chi connectivity index (χ1) is 10.0. The molecule has 21 heavy (non-hydrogen) atoms. The van der Waals surface area contributed by atoms with Crippen LogP contribution in [-0.2, 0) is 5.75 Å². The number of rotatable bonds is 5. The van der Waals surface area contributed by atoms with Crippen molar-refractivity contribution in [3.63, 3.8) is 0 Å². The van der Waals surface area contributed by atoms with Gasteiger partial charge in [-0.25, -0.2) is 9.97 Å². The van der Waals surface area contributed by atoms with Gasteiger partial charge in [0.25, 0.3) is 0 Å². The minimum absolute atomic E-state index is 0.397. The summed E-state index contributed by atoms with van der Waals surface area (Å²) >= 11 is 4.11. The Hall–Kier alpha value is -0.820. The van der Waals surface area contributed by atoms with Gasteiger partial charge in [-0.1, -0.05) is 32.0 Å². The lowest BCUT2D eigenvalue weighted by Crippen LogP contribution is -2.08. The molecule has 0 fully saturated rings. The highest BCUT2D eigenvalue weighted by Gasteiger charge is 2.14.